The fraction of sp³-hybridized carbons (Fsp3) is 0.211. The lowest BCUT2D eigenvalue weighted by Gasteiger charge is -2.29. The van der Waals surface area contributed by atoms with Crippen molar-refractivity contribution in [3.05, 3.63) is 125 Å². The van der Waals surface area contributed by atoms with Crippen LogP contribution in [0.25, 0.3) is 44.3 Å². The quantitative estimate of drug-likeness (QED) is 0.205. The summed E-state index contributed by atoms with van der Waals surface area (Å²) in [5.41, 5.74) is 9.15. The van der Waals surface area contributed by atoms with Crippen molar-refractivity contribution in [2.45, 2.75) is 44.4 Å². The summed E-state index contributed by atoms with van der Waals surface area (Å²) in [6.45, 7) is 2.01. The maximum Gasteiger partial charge on any atom is 0.219 e. The summed E-state index contributed by atoms with van der Waals surface area (Å²) >= 11 is 0. The van der Waals surface area contributed by atoms with Gasteiger partial charge in [-0.15, -0.1) is 0 Å². The molecule has 6 aromatic rings. The van der Waals surface area contributed by atoms with Crippen molar-refractivity contribution in [3.63, 3.8) is 0 Å². The number of fused-ring (bicyclic) bond motifs is 3. The van der Waals surface area contributed by atoms with Gasteiger partial charge in [-0.2, -0.15) is 5.26 Å². The standard InChI is InChI=1S/C38H32FN2O/c1-24-8-18-32-33-19-17-30(23-40)36(38(33)42-37(32)35(24)34-22-31(39)20-21-41(34)2)29-15-13-28(14-16-29)27-11-9-26(10-12-27)25-6-4-3-5-7-25/h3-8,13-22,26-27H,9-12H2,1-2H3/q+1. The van der Waals surface area contributed by atoms with Gasteiger partial charge in [-0.3, -0.25) is 0 Å². The lowest BCUT2D eigenvalue weighted by molar-refractivity contribution is -0.660. The van der Waals surface area contributed by atoms with E-state index in [4.69, 9.17) is 4.42 Å². The molecule has 1 aliphatic rings. The Morgan fingerprint density at radius 2 is 1.38 bits per heavy atom. The summed E-state index contributed by atoms with van der Waals surface area (Å²) in [6, 6.07) is 33.0. The Labute approximate surface area is 245 Å². The molecule has 2 heterocycles. The Hall–Kier alpha value is -4.75. The molecule has 0 amide bonds. The molecule has 0 atom stereocenters. The van der Waals surface area contributed by atoms with Gasteiger partial charge in [0, 0.05) is 28.5 Å². The second kappa shape index (κ2) is 10.6. The smallest absolute Gasteiger partial charge is 0.219 e. The van der Waals surface area contributed by atoms with Crippen LogP contribution >= 0.6 is 0 Å². The van der Waals surface area contributed by atoms with E-state index in [1.54, 1.807) is 12.3 Å². The molecule has 3 nitrogen and oxygen atoms in total. The molecule has 42 heavy (non-hydrogen) atoms. The average molecular weight is 552 g/mol. The van der Waals surface area contributed by atoms with E-state index in [-0.39, 0.29) is 5.82 Å². The molecule has 7 rings (SSSR count). The second-order valence-corrected chi connectivity index (χ2v) is 11.6. The van der Waals surface area contributed by atoms with Gasteiger partial charge in [0.05, 0.1) is 17.2 Å². The predicted molar refractivity (Wildman–Crippen MR) is 166 cm³/mol. The van der Waals surface area contributed by atoms with Crippen molar-refractivity contribution in [2.75, 3.05) is 0 Å². The van der Waals surface area contributed by atoms with Crippen LogP contribution in [0.3, 0.4) is 0 Å². The van der Waals surface area contributed by atoms with E-state index >= 15 is 0 Å². The van der Waals surface area contributed by atoms with Gasteiger partial charge in [-0.25, -0.2) is 8.96 Å². The average Bonchev–Trinajstić information content (AvgIpc) is 3.41. The molecule has 0 saturated heterocycles. The highest BCUT2D eigenvalue weighted by Gasteiger charge is 2.25. The van der Waals surface area contributed by atoms with Crippen LogP contribution in [0.15, 0.2) is 102 Å². The molecule has 0 bridgehead atoms. The molecular formula is C38H32FN2O+. The first kappa shape index (κ1) is 26.2. The van der Waals surface area contributed by atoms with Gasteiger partial charge >= 0.3 is 0 Å². The van der Waals surface area contributed by atoms with Gasteiger partial charge < -0.3 is 4.42 Å². The van der Waals surface area contributed by atoms with Crippen molar-refractivity contribution >= 4 is 21.9 Å². The van der Waals surface area contributed by atoms with Crippen LogP contribution in [-0.2, 0) is 7.05 Å². The van der Waals surface area contributed by atoms with Crippen molar-refractivity contribution in [1.82, 2.24) is 0 Å². The highest BCUT2D eigenvalue weighted by molar-refractivity contribution is 6.14. The summed E-state index contributed by atoms with van der Waals surface area (Å²) in [5.74, 6) is 0.902. The van der Waals surface area contributed by atoms with Crippen LogP contribution in [0.5, 0.6) is 0 Å². The SMILES string of the molecule is Cc1ccc2c(oc3c(-c4ccc(C5CCC(c6ccccc6)CC5)cc4)c(C#N)ccc32)c1-c1cc(F)cc[n+]1C. The zero-order valence-electron chi connectivity index (χ0n) is 23.9. The van der Waals surface area contributed by atoms with Crippen LogP contribution in [0.4, 0.5) is 4.39 Å². The van der Waals surface area contributed by atoms with Crippen LogP contribution in [0, 0.1) is 24.1 Å². The first-order chi connectivity index (χ1) is 20.5. The topological polar surface area (TPSA) is 40.8 Å². The number of pyridine rings is 1. The third-order valence-electron chi connectivity index (χ3n) is 9.18. The van der Waals surface area contributed by atoms with E-state index in [9.17, 15) is 9.65 Å². The molecule has 206 valence electrons. The monoisotopic (exact) mass is 551 g/mol. The predicted octanol–water partition coefficient (Wildman–Crippen LogP) is 9.51. The van der Waals surface area contributed by atoms with E-state index in [0.29, 0.717) is 28.6 Å². The molecule has 0 unspecified atom stereocenters. The largest absolute Gasteiger partial charge is 0.454 e. The van der Waals surface area contributed by atoms with E-state index in [0.717, 1.165) is 38.7 Å². The van der Waals surface area contributed by atoms with E-state index < -0.39 is 0 Å². The number of aryl methyl sites for hydroxylation is 2. The zero-order valence-corrected chi connectivity index (χ0v) is 23.9. The molecule has 4 heteroatoms. The molecule has 0 N–H and O–H groups in total. The third kappa shape index (κ3) is 4.46. The molecule has 1 fully saturated rings. The number of nitrogens with zero attached hydrogens (tertiary/aromatic N) is 2. The fourth-order valence-electron chi connectivity index (χ4n) is 6.90. The first-order valence-corrected chi connectivity index (χ1v) is 14.7. The minimum absolute atomic E-state index is 0.295. The molecule has 1 saturated carbocycles. The number of nitriles is 1. The van der Waals surface area contributed by atoms with Gasteiger partial charge in [0.25, 0.3) is 0 Å². The van der Waals surface area contributed by atoms with Crippen LogP contribution in [-0.4, -0.2) is 0 Å². The Kier molecular flexibility index (Phi) is 6.59. The lowest BCUT2D eigenvalue weighted by Crippen LogP contribution is -2.30. The van der Waals surface area contributed by atoms with Gasteiger partial charge in [0.15, 0.2) is 6.20 Å². The summed E-state index contributed by atoms with van der Waals surface area (Å²) in [5, 5.41) is 12.0. The van der Waals surface area contributed by atoms with Gasteiger partial charge in [0.2, 0.25) is 5.69 Å². The molecule has 2 aromatic heterocycles. The second-order valence-electron chi connectivity index (χ2n) is 11.6. The number of aromatic nitrogens is 1. The third-order valence-corrected chi connectivity index (χ3v) is 9.18. The van der Waals surface area contributed by atoms with Crippen molar-refractivity contribution in [1.29, 1.82) is 5.26 Å². The van der Waals surface area contributed by atoms with Crippen molar-refractivity contribution in [3.8, 4) is 28.5 Å². The number of halogens is 1. The summed E-state index contributed by atoms with van der Waals surface area (Å²) < 4.78 is 22.9. The van der Waals surface area contributed by atoms with Crippen molar-refractivity contribution in [2.24, 2.45) is 7.05 Å². The fourth-order valence-corrected chi connectivity index (χ4v) is 6.90. The maximum atomic E-state index is 14.3. The van der Waals surface area contributed by atoms with Crippen molar-refractivity contribution < 1.29 is 13.4 Å². The van der Waals surface area contributed by atoms with Crippen LogP contribution < -0.4 is 4.57 Å². The number of hydrogen-bond donors (Lipinski definition) is 0. The molecule has 0 aliphatic heterocycles. The maximum absolute atomic E-state index is 14.3. The van der Waals surface area contributed by atoms with Crippen LogP contribution in [0.1, 0.15) is 59.8 Å². The highest BCUT2D eigenvalue weighted by atomic mass is 19.1. The minimum Gasteiger partial charge on any atom is -0.454 e. The summed E-state index contributed by atoms with van der Waals surface area (Å²) in [7, 11) is 1.91. The number of hydrogen-bond acceptors (Lipinski definition) is 2. The Morgan fingerprint density at radius 1 is 0.762 bits per heavy atom. The summed E-state index contributed by atoms with van der Waals surface area (Å²) in [4.78, 5) is 0. The molecular weight excluding hydrogens is 519 g/mol. The summed E-state index contributed by atoms with van der Waals surface area (Å²) in [6.07, 6.45) is 6.50. The van der Waals surface area contributed by atoms with Gasteiger partial charge in [0.1, 0.15) is 24.0 Å². The van der Waals surface area contributed by atoms with Gasteiger partial charge in [-0.05, 0) is 78.8 Å². The van der Waals surface area contributed by atoms with E-state index in [2.05, 4.69) is 72.8 Å². The Balaban J connectivity index is 1.28. The number of furan rings is 1. The van der Waals surface area contributed by atoms with Crippen LogP contribution in [0.2, 0.25) is 0 Å². The van der Waals surface area contributed by atoms with E-state index in [1.165, 1.54) is 42.9 Å². The zero-order chi connectivity index (χ0) is 28.8. The number of rotatable bonds is 4. The van der Waals surface area contributed by atoms with Gasteiger partial charge in [-0.1, -0.05) is 66.7 Å². The highest BCUT2D eigenvalue weighted by Crippen LogP contribution is 2.44. The molecule has 4 aromatic carbocycles. The first-order valence-electron chi connectivity index (χ1n) is 14.7. The van der Waals surface area contributed by atoms with E-state index in [1.807, 2.05) is 30.7 Å². The molecule has 0 spiro atoms. The Bertz CT molecular complexity index is 1970. The number of benzene rings is 4. The minimum atomic E-state index is -0.295. The molecule has 0 radical (unpaired) electrons. The Morgan fingerprint density at radius 3 is 2.05 bits per heavy atom. The molecule has 1 aliphatic carbocycles. The normalized spacial score (nSPS) is 17.0. The lowest BCUT2D eigenvalue weighted by atomic mass is 9.76.